The first-order valence-electron chi connectivity index (χ1n) is 7.69. The quantitative estimate of drug-likeness (QED) is 0.930. The molecule has 3 rings (SSSR count). The third-order valence-electron chi connectivity index (χ3n) is 4.31. The smallest absolute Gasteiger partial charge is 0.265 e. The maximum absolute atomic E-state index is 12.7. The van der Waals surface area contributed by atoms with Crippen molar-refractivity contribution in [1.29, 1.82) is 0 Å². The molecule has 0 saturated carbocycles. The second kappa shape index (κ2) is 5.82. The molecule has 2 bridgehead atoms. The van der Waals surface area contributed by atoms with Crippen molar-refractivity contribution in [3.63, 3.8) is 0 Å². The number of carbonyl (C=O) groups excluding carboxylic acids is 1. The second-order valence-corrected chi connectivity index (χ2v) is 7.03. The molecular formula is C15H23N3OS. The van der Waals surface area contributed by atoms with E-state index >= 15 is 0 Å². The molecular weight excluding hydrogens is 270 g/mol. The van der Waals surface area contributed by atoms with Gasteiger partial charge in [0.25, 0.3) is 5.91 Å². The average molecular weight is 293 g/mol. The Bertz CT molecular complexity index is 499. The minimum atomic E-state index is 0.191. The lowest BCUT2D eigenvalue weighted by molar-refractivity contribution is 0.0752. The number of rotatable bonds is 3. The molecule has 0 radical (unpaired) electrons. The van der Waals surface area contributed by atoms with Gasteiger partial charge >= 0.3 is 0 Å². The number of nitrogens with zero attached hydrogens (tertiary/aromatic N) is 2. The molecule has 0 aromatic carbocycles. The molecule has 1 aromatic heterocycles. The first kappa shape index (κ1) is 14.0. The number of amides is 1. The first-order valence-corrected chi connectivity index (χ1v) is 8.50. The first-order chi connectivity index (χ1) is 9.67. The van der Waals surface area contributed by atoms with E-state index in [9.17, 15) is 4.79 Å². The van der Waals surface area contributed by atoms with Gasteiger partial charge in [-0.3, -0.25) is 4.79 Å². The highest BCUT2D eigenvalue weighted by Crippen LogP contribution is 2.25. The highest BCUT2D eigenvalue weighted by atomic mass is 32.1. The van der Waals surface area contributed by atoms with Crippen molar-refractivity contribution in [2.75, 3.05) is 13.1 Å². The van der Waals surface area contributed by atoms with E-state index in [1.54, 1.807) is 11.3 Å². The van der Waals surface area contributed by atoms with E-state index in [-0.39, 0.29) is 5.91 Å². The monoisotopic (exact) mass is 293 g/mol. The molecule has 1 aromatic rings. The van der Waals surface area contributed by atoms with Gasteiger partial charge in [-0.2, -0.15) is 0 Å². The number of thiazole rings is 1. The molecule has 3 heterocycles. The number of fused-ring (bicyclic) bond motifs is 2. The summed E-state index contributed by atoms with van der Waals surface area (Å²) in [6.45, 7) is 5.85. The van der Waals surface area contributed by atoms with Crippen molar-refractivity contribution in [1.82, 2.24) is 15.2 Å². The molecule has 5 heteroatoms. The molecule has 1 N–H and O–H groups in total. The van der Waals surface area contributed by atoms with Gasteiger partial charge in [0, 0.05) is 25.2 Å². The third kappa shape index (κ3) is 2.74. The molecule has 0 spiro atoms. The van der Waals surface area contributed by atoms with Crippen LogP contribution in [0, 0.1) is 6.92 Å². The largest absolute Gasteiger partial charge is 0.336 e. The molecule has 2 unspecified atom stereocenters. The standard InChI is InChI=1S/C15H23N3OS/c1-3-4-13-16-10(2)14(20-13)15(19)18-8-7-11-5-6-12(9-18)17-11/h11-12,17H,3-9H2,1-2H3. The third-order valence-corrected chi connectivity index (χ3v) is 5.51. The lowest BCUT2D eigenvalue weighted by Gasteiger charge is -2.23. The zero-order valence-corrected chi connectivity index (χ0v) is 13.1. The van der Waals surface area contributed by atoms with Crippen molar-refractivity contribution in [3.8, 4) is 0 Å². The average Bonchev–Trinajstić information content (AvgIpc) is 2.92. The SMILES string of the molecule is CCCc1nc(C)c(C(=O)N2CCC3CCC(C2)N3)s1. The van der Waals surface area contributed by atoms with Crippen molar-refractivity contribution >= 4 is 17.2 Å². The lowest BCUT2D eigenvalue weighted by Crippen LogP contribution is -2.39. The van der Waals surface area contributed by atoms with E-state index in [2.05, 4.69) is 17.2 Å². The number of likely N-dealkylation sites (tertiary alicyclic amines) is 1. The summed E-state index contributed by atoms with van der Waals surface area (Å²) in [6.07, 6.45) is 5.62. The van der Waals surface area contributed by atoms with Crippen LogP contribution in [0.2, 0.25) is 0 Å². The Morgan fingerprint density at radius 2 is 2.20 bits per heavy atom. The highest BCUT2D eigenvalue weighted by molar-refractivity contribution is 7.13. The molecule has 2 aliphatic heterocycles. The lowest BCUT2D eigenvalue weighted by atomic mass is 10.1. The van der Waals surface area contributed by atoms with E-state index in [1.807, 2.05) is 11.8 Å². The summed E-state index contributed by atoms with van der Waals surface area (Å²) in [6, 6.07) is 1.12. The van der Waals surface area contributed by atoms with Crippen molar-refractivity contribution in [2.24, 2.45) is 0 Å². The van der Waals surface area contributed by atoms with Gasteiger partial charge in [-0.05, 0) is 39.0 Å². The van der Waals surface area contributed by atoms with Crippen molar-refractivity contribution in [2.45, 2.75) is 58.0 Å². The maximum atomic E-state index is 12.7. The number of nitrogens with one attached hydrogen (secondary N) is 1. The van der Waals surface area contributed by atoms with Crippen LogP contribution in [0.3, 0.4) is 0 Å². The molecule has 110 valence electrons. The number of aromatic nitrogens is 1. The highest BCUT2D eigenvalue weighted by Gasteiger charge is 2.32. The van der Waals surface area contributed by atoms with Crippen LogP contribution in [-0.4, -0.2) is 41.0 Å². The van der Waals surface area contributed by atoms with E-state index in [1.165, 1.54) is 12.8 Å². The predicted molar refractivity (Wildman–Crippen MR) is 81.3 cm³/mol. The summed E-state index contributed by atoms with van der Waals surface area (Å²) in [7, 11) is 0. The summed E-state index contributed by atoms with van der Waals surface area (Å²) in [5.74, 6) is 0.191. The second-order valence-electron chi connectivity index (χ2n) is 5.95. The molecule has 0 aliphatic carbocycles. The number of hydrogen-bond acceptors (Lipinski definition) is 4. The van der Waals surface area contributed by atoms with Crippen LogP contribution in [0.1, 0.15) is 53.0 Å². The summed E-state index contributed by atoms with van der Waals surface area (Å²) in [5, 5.41) is 4.72. The zero-order chi connectivity index (χ0) is 14.1. The van der Waals surface area contributed by atoms with E-state index < -0.39 is 0 Å². The van der Waals surface area contributed by atoms with Crippen LogP contribution in [0.25, 0.3) is 0 Å². The van der Waals surface area contributed by atoms with Gasteiger partial charge in [-0.15, -0.1) is 11.3 Å². The Hall–Kier alpha value is -0.940. The summed E-state index contributed by atoms with van der Waals surface area (Å²) >= 11 is 1.59. The molecule has 2 fully saturated rings. The molecule has 2 atom stereocenters. The molecule has 20 heavy (non-hydrogen) atoms. The molecule has 1 amide bonds. The van der Waals surface area contributed by atoms with Gasteiger partial charge in [0.15, 0.2) is 0 Å². The van der Waals surface area contributed by atoms with Crippen LogP contribution in [0.4, 0.5) is 0 Å². The van der Waals surface area contributed by atoms with Gasteiger partial charge in [-0.1, -0.05) is 6.92 Å². The van der Waals surface area contributed by atoms with Crippen LogP contribution < -0.4 is 5.32 Å². The fraction of sp³-hybridized carbons (Fsp3) is 0.733. The minimum absolute atomic E-state index is 0.191. The Morgan fingerprint density at radius 3 is 3.00 bits per heavy atom. The number of aryl methyl sites for hydroxylation is 2. The summed E-state index contributed by atoms with van der Waals surface area (Å²) in [4.78, 5) is 20.2. The fourth-order valence-corrected chi connectivity index (χ4v) is 4.38. The summed E-state index contributed by atoms with van der Waals surface area (Å²) < 4.78 is 0. The predicted octanol–water partition coefficient (Wildman–Crippen LogP) is 2.37. The fourth-order valence-electron chi connectivity index (χ4n) is 3.24. The molecule has 2 aliphatic rings. The van der Waals surface area contributed by atoms with Crippen LogP contribution in [0.5, 0.6) is 0 Å². The Morgan fingerprint density at radius 1 is 1.40 bits per heavy atom. The van der Waals surface area contributed by atoms with E-state index in [4.69, 9.17) is 0 Å². The van der Waals surface area contributed by atoms with Gasteiger partial charge in [-0.25, -0.2) is 4.98 Å². The molecule has 4 nitrogen and oxygen atoms in total. The van der Waals surface area contributed by atoms with Crippen LogP contribution in [-0.2, 0) is 6.42 Å². The Balaban J connectivity index is 1.74. The van der Waals surface area contributed by atoms with Crippen LogP contribution >= 0.6 is 11.3 Å². The number of hydrogen-bond donors (Lipinski definition) is 1. The zero-order valence-electron chi connectivity index (χ0n) is 12.3. The molecule has 2 saturated heterocycles. The minimum Gasteiger partial charge on any atom is -0.336 e. The number of carbonyl (C=O) groups is 1. The van der Waals surface area contributed by atoms with Gasteiger partial charge in [0.1, 0.15) is 4.88 Å². The van der Waals surface area contributed by atoms with Crippen LogP contribution in [0.15, 0.2) is 0 Å². The van der Waals surface area contributed by atoms with E-state index in [0.717, 1.165) is 47.9 Å². The Kier molecular flexibility index (Phi) is 4.08. The van der Waals surface area contributed by atoms with Gasteiger partial charge in [0.2, 0.25) is 0 Å². The van der Waals surface area contributed by atoms with Gasteiger partial charge in [0.05, 0.1) is 10.7 Å². The van der Waals surface area contributed by atoms with E-state index in [0.29, 0.717) is 12.1 Å². The van der Waals surface area contributed by atoms with Crippen molar-refractivity contribution < 1.29 is 4.79 Å². The normalized spacial score (nSPS) is 25.8. The summed E-state index contributed by atoms with van der Waals surface area (Å²) in [5.41, 5.74) is 0.908. The van der Waals surface area contributed by atoms with Crippen molar-refractivity contribution in [3.05, 3.63) is 15.6 Å². The topological polar surface area (TPSA) is 45.2 Å². The maximum Gasteiger partial charge on any atom is 0.265 e. The Labute approximate surface area is 124 Å². The van der Waals surface area contributed by atoms with Gasteiger partial charge < -0.3 is 10.2 Å².